The Morgan fingerprint density at radius 1 is 1.44 bits per heavy atom. The van der Waals surface area contributed by atoms with Crippen molar-refractivity contribution in [2.24, 2.45) is 5.92 Å². The molecule has 98 valence electrons. The topological polar surface area (TPSA) is 21.3 Å². The zero-order chi connectivity index (χ0) is 12.8. The van der Waals surface area contributed by atoms with E-state index in [-0.39, 0.29) is 5.60 Å². The average Bonchev–Trinajstić information content (AvgIpc) is 3.12. The summed E-state index contributed by atoms with van der Waals surface area (Å²) in [6.45, 7) is 5.45. The summed E-state index contributed by atoms with van der Waals surface area (Å²) in [4.78, 5) is 0. The van der Waals surface area contributed by atoms with Crippen molar-refractivity contribution >= 4 is 15.9 Å². The quantitative estimate of drug-likeness (QED) is 0.909. The fraction of sp³-hybridized carbons (Fsp3) is 0.600. The number of nitrogens with one attached hydrogen (secondary N) is 1. The summed E-state index contributed by atoms with van der Waals surface area (Å²) in [5, 5.41) is 3.60. The van der Waals surface area contributed by atoms with Crippen LogP contribution in [0.3, 0.4) is 0 Å². The van der Waals surface area contributed by atoms with Gasteiger partial charge in [-0.1, -0.05) is 28.9 Å². The Kier molecular flexibility index (Phi) is 3.15. The second-order valence-corrected chi connectivity index (χ2v) is 6.60. The Morgan fingerprint density at radius 2 is 2.22 bits per heavy atom. The summed E-state index contributed by atoms with van der Waals surface area (Å²) in [5.74, 6) is 1.79. The molecule has 2 unspecified atom stereocenters. The van der Waals surface area contributed by atoms with Crippen molar-refractivity contribution in [2.45, 2.75) is 44.8 Å². The lowest BCUT2D eigenvalue weighted by Crippen LogP contribution is -2.43. The van der Waals surface area contributed by atoms with E-state index in [1.54, 1.807) is 0 Å². The first kappa shape index (κ1) is 12.5. The molecular weight excluding hydrogens is 290 g/mol. The van der Waals surface area contributed by atoms with Crippen LogP contribution in [0.25, 0.3) is 0 Å². The molecule has 1 saturated carbocycles. The zero-order valence-corrected chi connectivity index (χ0v) is 12.6. The number of hydrogen-bond donors (Lipinski definition) is 1. The Labute approximate surface area is 117 Å². The molecule has 1 heterocycles. The van der Waals surface area contributed by atoms with Crippen LogP contribution in [0.4, 0.5) is 0 Å². The van der Waals surface area contributed by atoms with Gasteiger partial charge in [0.25, 0.3) is 0 Å². The number of fused-ring (bicyclic) bond motifs is 1. The Balaban J connectivity index is 1.97. The van der Waals surface area contributed by atoms with E-state index in [4.69, 9.17) is 4.74 Å². The highest BCUT2D eigenvalue weighted by Crippen LogP contribution is 2.50. The lowest BCUT2D eigenvalue weighted by atomic mass is 9.85. The Morgan fingerprint density at radius 3 is 2.89 bits per heavy atom. The highest BCUT2D eigenvalue weighted by molar-refractivity contribution is 9.10. The van der Waals surface area contributed by atoms with E-state index < -0.39 is 0 Å². The first-order valence-electron chi connectivity index (χ1n) is 6.84. The van der Waals surface area contributed by atoms with Gasteiger partial charge in [0.1, 0.15) is 11.4 Å². The van der Waals surface area contributed by atoms with Gasteiger partial charge in [0.05, 0.1) is 0 Å². The molecule has 1 fully saturated rings. The summed E-state index contributed by atoms with van der Waals surface area (Å²) in [6.07, 6.45) is 3.72. The van der Waals surface area contributed by atoms with Crippen molar-refractivity contribution < 1.29 is 4.74 Å². The second kappa shape index (κ2) is 4.53. The van der Waals surface area contributed by atoms with E-state index in [0.717, 1.165) is 29.1 Å². The molecule has 1 aromatic rings. The van der Waals surface area contributed by atoms with Crippen LogP contribution < -0.4 is 10.1 Å². The maximum atomic E-state index is 6.33. The molecule has 3 heteroatoms. The number of rotatable bonds is 3. The molecule has 0 aromatic heterocycles. The van der Waals surface area contributed by atoms with Crippen LogP contribution in [0, 0.1) is 5.92 Å². The minimum absolute atomic E-state index is 0.0145. The molecule has 0 spiro atoms. The fourth-order valence-corrected chi connectivity index (χ4v) is 3.41. The minimum Gasteiger partial charge on any atom is -0.487 e. The molecule has 2 nitrogen and oxygen atoms in total. The average molecular weight is 310 g/mol. The van der Waals surface area contributed by atoms with Gasteiger partial charge in [0.2, 0.25) is 0 Å². The van der Waals surface area contributed by atoms with E-state index in [1.165, 1.54) is 18.4 Å². The molecule has 1 aliphatic heterocycles. The number of ether oxygens (including phenoxy) is 1. The lowest BCUT2D eigenvalue weighted by molar-refractivity contribution is 0.0271. The maximum Gasteiger partial charge on any atom is 0.126 e. The molecule has 1 aromatic carbocycles. The highest BCUT2D eigenvalue weighted by atomic mass is 79.9. The van der Waals surface area contributed by atoms with E-state index >= 15 is 0 Å². The van der Waals surface area contributed by atoms with Crippen LogP contribution in [0.2, 0.25) is 0 Å². The highest BCUT2D eigenvalue weighted by Gasteiger charge is 2.47. The zero-order valence-electron chi connectivity index (χ0n) is 11.0. The molecule has 0 saturated heterocycles. The number of halogens is 1. The van der Waals surface area contributed by atoms with Crippen molar-refractivity contribution in [1.29, 1.82) is 0 Å². The fourth-order valence-electron chi connectivity index (χ4n) is 3.07. The van der Waals surface area contributed by atoms with Gasteiger partial charge < -0.3 is 10.1 Å². The van der Waals surface area contributed by atoms with E-state index in [0.29, 0.717) is 6.04 Å². The number of benzene rings is 1. The van der Waals surface area contributed by atoms with Gasteiger partial charge in [-0.05, 0) is 44.4 Å². The summed E-state index contributed by atoms with van der Waals surface area (Å²) < 4.78 is 7.42. The van der Waals surface area contributed by atoms with Gasteiger partial charge >= 0.3 is 0 Å². The second-order valence-electron chi connectivity index (χ2n) is 5.69. The number of hydrogen-bond acceptors (Lipinski definition) is 2. The van der Waals surface area contributed by atoms with Crippen LogP contribution in [-0.4, -0.2) is 12.1 Å². The van der Waals surface area contributed by atoms with E-state index in [2.05, 4.69) is 53.3 Å². The molecule has 18 heavy (non-hydrogen) atoms. The van der Waals surface area contributed by atoms with Crippen LogP contribution >= 0.6 is 15.9 Å². The van der Waals surface area contributed by atoms with Gasteiger partial charge in [-0.15, -0.1) is 0 Å². The first-order chi connectivity index (χ1) is 8.62. The first-order valence-corrected chi connectivity index (χ1v) is 7.63. The molecule has 0 radical (unpaired) electrons. The van der Waals surface area contributed by atoms with Gasteiger partial charge in [-0.25, -0.2) is 0 Å². The van der Waals surface area contributed by atoms with Crippen LogP contribution in [0.1, 0.15) is 44.7 Å². The van der Waals surface area contributed by atoms with E-state index in [9.17, 15) is 0 Å². The monoisotopic (exact) mass is 309 g/mol. The smallest absolute Gasteiger partial charge is 0.126 e. The molecule has 2 aliphatic rings. The normalized spacial score (nSPS) is 30.7. The van der Waals surface area contributed by atoms with Crippen molar-refractivity contribution in [2.75, 3.05) is 6.54 Å². The summed E-state index contributed by atoms with van der Waals surface area (Å²) in [7, 11) is 0. The van der Waals surface area contributed by atoms with Gasteiger partial charge in [-0.3, -0.25) is 0 Å². The van der Waals surface area contributed by atoms with Crippen molar-refractivity contribution in [3.63, 3.8) is 0 Å². The predicted octanol–water partition coefficient (Wildman–Crippen LogP) is 4.05. The third-order valence-corrected chi connectivity index (χ3v) is 4.69. The molecular formula is C15H20BrNO. The third-order valence-electron chi connectivity index (χ3n) is 4.20. The van der Waals surface area contributed by atoms with Gasteiger partial charge in [-0.2, -0.15) is 0 Å². The largest absolute Gasteiger partial charge is 0.487 e. The molecule has 1 aliphatic carbocycles. The minimum atomic E-state index is 0.0145. The molecule has 2 atom stereocenters. The van der Waals surface area contributed by atoms with Crippen LogP contribution in [0.15, 0.2) is 22.7 Å². The SMILES string of the molecule is CCNC1CC(C)(C2CC2)Oc2cc(Br)ccc21. The molecule has 0 amide bonds. The standard InChI is InChI=1S/C15H20BrNO/c1-3-17-13-9-15(2,10-4-5-10)18-14-8-11(16)6-7-12(13)14/h6-8,10,13,17H,3-5,9H2,1-2H3. The van der Waals surface area contributed by atoms with Crippen molar-refractivity contribution in [3.05, 3.63) is 28.2 Å². The van der Waals surface area contributed by atoms with Gasteiger partial charge in [0, 0.05) is 22.5 Å². The molecule has 3 rings (SSSR count). The summed E-state index contributed by atoms with van der Waals surface area (Å²) in [5.41, 5.74) is 1.32. The Bertz CT molecular complexity index is 458. The Hall–Kier alpha value is -0.540. The lowest BCUT2D eigenvalue weighted by Gasteiger charge is -2.40. The van der Waals surface area contributed by atoms with Crippen LogP contribution in [0.5, 0.6) is 5.75 Å². The third kappa shape index (κ3) is 2.19. The summed E-state index contributed by atoms with van der Waals surface area (Å²) in [6, 6.07) is 6.82. The molecule has 0 bridgehead atoms. The van der Waals surface area contributed by atoms with Crippen molar-refractivity contribution in [3.8, 4) is 5.75 Å². The van der Waals surface area contributed by atoms with Crippen molar-refractivity contribution in [1.82, 2.24) is 5.32 Å². The van der Waals surface area contributed by atoms with Crippen LogP contribution in [-0.2, 0) is 0 Å². The van der Waals surface area contributed by atoms with E-state index in [1.807, 2.05) is 0 Å². The maximum absolute atomic E-state index is 6.33. The van der Waals surface area contributed by atoms with Gasteiger partial charge in [0.15, 0.2) is 0 Å². The predicted molar refractivity (Wildman–Crippen MR) is 76.9 cm³/mol. The molecule has 1 N–H and O–H groups in total. The summed E-state index contributed by atoms with van der Waals surface area (Å²) >= 11 is 3.54.